The number of ether oxygens (including phenoxy) is 1. The van der Waals surface area contributed by atoms with Gasteiger partial charge in [-0.1, -0.05) is 17.7 Å². The lowest BCUT2D eigenvalue weighted by atomic mass is 10.1. The summed E-state index contributed by atoms with van der Waals surface area (Å²) >= 11 is 6.06. The number of nitrogens with one attached hydrogen (secondary N) is 1. The zero-order valence-electron chi connectivity index (χ0n) is 17.4. The van der Waals surface area contributed by atoms with Crippen LogP contribution in [0.4, 0.5) is 35.0 Å². The average Bonchev–Trinajstić information content (AvgIpc) is 2.79. The fourth-order valence-electron chi connectivity index (χ4n) is 3.93. The van der Waals surface area contributed by atoms with E-state index in [1.807, 2.05) is 23.1 Å². The predicted octanol–water partition coefficient (Wildman–Crippen LogP) is 4.55. The van der Waals surface area contributed by atoms with Crippen LogP contribution < -0.4 is 15.1 Å². The Kier molecular flexibility index (Phi) is 6.66. The number of carbonyl (C=O) groups is 1. The third-order valence-corrected chi connectivity index (χ3v) is 5.89. The van der Waals surface area contributed by atoms with Crippen LogP contribution in [0.5, 0.6) is 0 Å². The molecule has 1 N–H and O–H groups in total. The first kappa shape index (κ1) is 22.5. The highest BCUT2D eigenvalue weighted by Crippen LogP contribution is 2.36. The molecule has 0 saturated carbocycles. The van der Waals surface area contributed by atoms with Crippen molar-refractivity contribution in [1.29, 1.82) is 0 Å². The minimum Gasteiger partial charge on any atom is -0.378 e. The maximum Gasteiger partial charge on any atom is 0.416 e. The highest BCUT2D eigenvalue weighted by Gasteiger charge is 2.32. The molecule has 6 nitrogen and oxygen atoms in total. The largest absolute Gasteiger partial charge is 0.416 e. The van der Waals surface area contributed by atoms with Gasteiger partial charge in [0.15, 0.2) is 0 Å². The molecule has 0 unspecified atom stereocenters. The Balaban J connectivity index is 1.47. The minimum atomic E-state index is -4.49. The number of hydrogen-bond acceptors (Lipinski definition) is 4. The highest BCUT2D eigenvalue weighted by atomic mass is 35.5. The molecule has 2 aliphatic rings. The van der Waals surface area contributed by atoms with Crippen molar-refractivity contribution in [3.63, 3.8) is 0 Å². The summed E-state index contributed by atoms with van der Waals surface area (Å²) in [5.41, 5.74) is 0.900. The molecule has 10 heteroatoms. The number of hydrogen-bond donors (Lipinski definition) is 1. The van der Waals surface area contributed by atoms with E-state index in [0.717, 1.165) is 17.8 Å². The summed E-state index contributed by atoms with van der Waals surface area (Å²) in [6.07, 6.45) is -4.49. The Bertz CT molecular complexity index is 958. The third kappa shape index (κ3) is 5.21. The first-order chi connectivity index (χ1) is 15.3. The Labute approximate surface area is 189 Å². The topological polar surface area (TPSA) is 48.1 Å². The van der Waals surface area contributed by atoms with E-state index < -0.39 is 17.8 Å². The molecule has 32 heavy (non-hydrogen) atoms. The van der Waals surface area contributed by atoms with Crippen LogP contribution in [-0.4, -0.2) is 63.4 Å². The number of amides is 2. The van der Waals surface area contributed by atoms with Gasteiger partial charge in [0.05, 0.1) is 30.2 Å². The van der Waals surface area contributed by atoms with Crippen LogP contribution in [0.15, 0.2) is 42.5 Å². The van der Waals surface area contributed by atoms with Gasteiger partial charge in [-0.2, -0.15) is 13.2 Å². The van der Waals surface area contributed by atoms with E-state index in [1.54, 1.807) is 11.0 Å². The molecule has 2 aliphatic heterocycles. The van der Waals surface area contributed by atoms with Gasteiger partial charge in [-0.3, -0.25) is 0 Å². The molecule has 2 amide bonds. The molecular weight excluding hydrogens is 445 g/mol. The number of alkyl halides is 3. The first-order valence-electron chi connectivity index (χ1n) is 10.4. The van der Waals surface area contributed by atoms with E-state index in [-0.39, 0.29) is 5.69 Å². The molecule has 0 bridgehead atoms. The van der Waals surface area contributed by atoms with Gasteiger partial charge in [0.1, 0.15) is 0 Å². The van der Waals surface area contributed by atoms with Crippen molar-refractivity contribution in [2.45, 2.75) is 6.18 Å². The molecule has 0 atom stereocenters. The quantitative estimate of drug-likeness (QED) is 0.718. The van der Waals surface area contributed by atoms with Crippen LogP contribution in [0.2, 0.25) is 5.02 Å². The van der Waals surface area contributed by atoms with Gasteiger partial charge in [-0.15, -0.1) is 0 Å². The van der Waals surface area contributed by atoms with Gasteiger partial charge in [0.25, 0.3) is 0 Å². The van der Waals surface area contributed by atoms with Crippen molar-refractivity contribution < 1.29 is 22.7 Å². The number of halogens is 4. The summed E-state index contributed by atoms with van der Waals surface area (Å²) in [5.74, 6) is 0. The lowest BCUT2D eigenvalue weighted by molar-refractivity contribution is -0.137. The lowest BCUT2D eigenvalue weighted by Gasteiger charge is -2.36. The van der Waals surface area contributed by atoms with E-state index in [1.165, 1.54) is 6.07 Å². The van der Waals surface area contributed by atoms with Crippen molar-refractivity contribution in [3.05, 3.63) is 53.1 Å². The number of anilines is 3. The number of urea groups is 1. The summed E-state index contributed by atoms with van der Waals surface area (Å²) in [6, 6.07) is 10.6. The van der Waals surface area contributed by atoms with Crippen LogP contribution in [0.25, 0.3) is 0 Å². The molecule has 2 saturated heterocycles. The van der Waals surface area contributed by atoms with E-state index in [9.17, 15) is 18.0 Å². The smallest absolute Gasteiger partial charge is 0.378 e. The second-order valence-electron chi connectivity index (χ2n) is 7.71. The first-order valence-corrected chi connectivity index (χ1v) is 10.8. The van der Waals surface area contributed by atoms with E-state index in [0.29, 0.717) is 63.2 Å². The molecule has 2 aromatic rings. The third-order valence-electron chi connectivity index (χ3n) is 5.66. The van der Waals surface area contributed by atoms with Gasteiger partial charge in [0.2, 0.25) is 0 Å². The Hall–Kier alpha value is -2.65. The Morgan fingerprint density at radius 2 is 1.66 bits per heavy atom. The van der Waals surface area contributed by atoms with Gasteiger partial charge < -0.3 is 24.8 Å². The summed E-state index contributed by atoms with van der Waals surface area (Å²) < 4.78 is 45.2. The van der Waals surface area contributed by atoms with Gasteiger partial charge in [-0.05, 0) is 36.4 Å². The summed E-state index contributed by atoms with van der Waals surface area (Å²) in [7, 11) is 0. The van der Waals surface area contributed by atoms with Gasteiger partial charge in [-0.25, -0.2) is 4.79 Å². The summed E-state index contributed by atoms with van der Waals surface area (Å²) in [6.45, 7) is 4.17. The number of carbonyl (C=O) groups excluding carboxylic acids is 1. The van der Waals surface area contributed by atoms with E-state index in [2.05, 4.69) is 10.2 Å². The van der Waals surface area contributed by atoms with Crippen LogP contribution in [0.3, 0.4) is 0 Å². The van der Waals surface area contributed by atoms with Crippen LogP contribution >= 0.6 is 11.6 Å². The second kappa shape index (κ2) is 9.46. The molecule has 0 spiro atoms. The van der Waals surface area contributed by atoms with E-state index in [4.69, 9.17) is 16.3 Å². The number of morpholine rings is 1. The van der Waals surface area contributed by atoms with Crippen LogP contribution in [-0.2, 0) is 10.9 Å². The number of nitrogens with zero attached hydrogens (tertiary/aromatic N) is 3. The monoisotopic (exact) mass is 468 g/mol. The van der Waals surface area contributed by atoms with Crippen molar-refractivity contribution in [2.75, 3.05) is 67.6 Å². The number of rotatable bonds is 3. The van der Waals surface area contributed by atoms with Crippen molar-refractivity contribution in [3.8, 4) is 0 Å². The molecule has 0 aromatic heterocycles. The molecule has 2 aromatic carbocycles. The molecule has 4 rings (SSSR count). The number of piperazine rings is 1. The van der Waals surface area contributed by atoms with Crippen molar-refractivity contribution >= 4 is 34.7 Å². The molecule has 2 fully saturated rings. The normalized spacial score (nSPS) is 17.4. The molecule has 0 radical (unpaired) electrons. The minimum absolute atomic E-state index is 0.156. The average molecular weight is 469 g/mol. The Morgan fingerprint density at radius 1 is 0.938 bits per heavy atom. The van der Waals surface area contributed by atoms with Gasteiger partial charge in [0, 0.05) is 50.0 Å². The van der Waals surface area contributed by atoms with E-state index >= 15 is 0 Å². The SMILES string of the molecule is O=C(Nc1cc(C(F)(F)F)ccc1N1CCOCC1)N1CCN(c2cccc(Cl)c2)CC1. The fraction of sp³-hybridized carbons (Fsp3) is 0.409. The van der Waals surface area contributed by atoms with Crippen molar-refractivity contribution in [1.82, 2.24) is 4.90 Å². The lowest BCUT2D eigenvalue weighted by Crippen LogP contribution is -2.50. The molecule has 0 aliphatic carbocycles. The van der Waals surface area contributed by atoms with Crippen molar-refractivity contribution in [2.24, 2.45) is 0 Å². The molecule has 172 valence electrons. The molecule has 2 heterocycles. The fourth-order valence-corrected chi connectivity index (χ4v) is 4.11. The Morgan fingerprint density at radius 3 is 2.31 bits per heavy atom. The van der Waals surface area contributed by atoms with Gasteiger partial charge >= 0.3 is 12.2 Å². The zero-order valence-corrected chi connectivity index (χ0v) is 18.1. The number of benzene rings is 2. The summed E-state index contributed by atoms with van der Waals surface area (Å²) in [4.78, 5) is 18.6. The maximum absolute atomic E-state index is 13.3. The zero-order chi connectivity index (χ0) is 22.7. The highest BCUT2D eigenvalue weighted by molar-refractivity contribution is 6.30. The molecular formula is C22H24ClF3N4O2. The van der Waals surface area contributed by atoms with Crippen LogP contribution in [0, 0.1) is 0 Å². The van der Waals surface area contributed by atoms with Crippen LogP contribution in [0.1, 0.15) is 5.56 Å². The maximum atomic E-state index is 13.3. The second-order valence-corrected chi connectivity index (χ2v) is 8.15. The summed E-state index contributed by atoms with van der Waals surface area (Å²) in [5, 5.41) is 3.36. The predicted molar refractivity (Wildman–Crippen MR) is 119 cm³/mol. The standard InChI is InChI=1S/C22H24ClF3N4O2/c23-17-2-1-3-18(15-17)28-6-8-30(9-7-28)21(31)27-19-14-16(22(24,25)26)4-5-20(19)29-10-12-32-13-11-29/h1-5,14-15H,6-13H2,(H,27,31).